The van der Waals surface area contributed by atoms with Gasteiger partial charge in [0.2, 0.25) is 5.91 Å². The van der Waals surface area contributed by atoms with E-state index in [9.17, 15) is 22.8 Å². The zero-order valence-corrected chi connectivity index (χ0v) is 16.1. The number of nitrogens with one attached hydrogen (secondary N) is 1. The summed E-state index contributed by atoms with van der Waals surface area (Å²) in [6.07, 6.45) is -5.87. The summed E-state index contributed by atoms with van der Waals surface area (Å²) in [5, 5.41) is 11.7. The van der Waals surface area contributed by atoms with Crippen LogP contribution in [0.1, 0.15) is 59.7 Å². The first-order valence-corrected chi connectivity index (χ1v) is 9.10. The Balaban J connectivity index is 2.27. The van der Waals surface area contributed by atoms with Gasteiger partial charge in [-0.2, -0.15) is 18.4 Å². The monoisotopic (exact) mass is 402 g/mol. The van der Waals surface area contributed by atoms with E-state index in [-0.39, 0.29) is 29.2 Å². The van der Waals surface area contributed by atoms with Crippen molar-refractivity contribution in [2.75, 3.05) is 0 Å². The first-order chi connectivity index (χ1) is 13.6. The van der Waals surface area contributed by atoms with Gasteiger partial charge in [-0.1, -0.05) is 36.4 Å². The van der Waals surface area contributed by atoms with Crippen LogP contribution in [0, 0.1) is 11.3 Å². The Morgan fingerprint density at radius 1 is 1.07 bits per heavy atom. The molecule has 0 bridgehead atoms. The second kappa shape index (κ2) is 9.37. The molecule has 0 aliphatic heterocycles. The molecule has 0 spiro atoms. The van der Waals surface area contributed by atoms with Gasteiger partial charge in [-0.25, -0.2) is 0 Å². The lowest BCUT2D eigenvalue weighted by atomic mass is 9.90. The molecule has 2 aromatic rings. The summed E-state index contributed by atoms with van der Waals surface area (Å²) in [4.78, 5) is 24.6. The zero-order chi connectivity index (χ0) is 21.6. The molecule has 2 rings (SSSR count). The fourth-order valence-electron chi connectivity index (χ4n) is 3.03. The first kappa shape index (κ1) is 22.2. The number of ketones is 1. The molecular weight excluding hydrogens is 381 g/mol. The molecule has 0 aromatic heterocycles. The fraction of sp³-hybridized carbons (Fsp3) is 0.318. The van der Waals surface area contributed by atoms with Crippen LogP contribution in [0.2, 0.25) is 0 Å². The number of benzene rings is 2. The molecule has 0 aliphatic carbocycles. The quantitative estimate of drug-likeness (QED) is 0.680. The maximum absolute atomic E-state index is 13.0. The summed E-state index contributed by atoms with van der Waals surface area (Å²) in [6, 6.07) is 13.8. The van der Waals surface area contributed by atoms with E-state index in [0.29, 0.717) is 5.56 Å². The Morgan fingerprint density at radius 3 is 2.24 bits per heavy atom. The molecule has 1 amide bonds. The van der Waals surface area contributed by atoms with Gasteiger partial charge in [0.25, 0.3) is 0 Å². The van der Waals surface area contributed by atoms with Crippen LogP contribution < -0.4 is 5.32 Å². The summed E-state index contributed by atoms with van der Waals surface area (Å²) in [5.41, 5.74) is 1.04. The third kappa shape index (κ3) is 6.46. The molecule has 4 nitrogen and oxygen atoms in total. The Bertz CT molecular complexity index is 913. The summed E-state index contributed by atoms with van der Waals surface area (Å²) in [6.45, 7) is 3.46. The normalized spacial score (nSPS) is 12.3. The average Bonchev–Trinajstić information content (AvgIpc) is 2.65. The van der Waals surface area contributed by atoms with Gasteiger partial charge in [0.05, 0.1) is 18.1 Å². The maximum Gasteiger partial charge on any atom is 0.389 e. The molecule has 1 atom stereocenters. The first-order valence-electron chi connectivity index (χ1n) is 9.10. The minimum Gasteiger partial charge on any atom is -0.354 e. The number of amides is 1. The Labute approximate surface area is 167 Å². The molecular formula is C22H21F3N2O2. The second-order valence-corrected chi connectivity index (χ2v) is 7.05. The van der Waals surface area contributed by atoms with Crippen molar-refractivity contribution in [3.05, 3.63) is 70.8 Å². The highest BCUT2D eigenvalue weighted by molar-refractivity contribution is 6.10. The zero-order valence-electron chi connectivity index (χ0n) is 16.1. The number of hydrogen-bond donors (Lipinski definition) is 1. The van der Waals surface area contributed by atoms with Crippen LogP contribution in [0.15, 0.2) is 48.5 Å². The highest BCUT2D eigenvalue weighted by atomic mass is 19.4. The summed E-state index contributed by atoms with van der Waals surface area (Å²) in [5.74, 6) is -1.90. The van der Waals surface area contributed by atoms with E-state index in [1.165, 1.54) is 36.4 Å². The third-order valence-corrected chi connectivity index (χ3v) is 4.30. The molecule has 0 fully saturated rings. The van der Waals surface area contributed by atoms with E-state index >= 15 is 0 Å². The minimum absolute atomic E-state index is 0.172. The predicted molar refractivity (Wildman–Crippen MR) is 102 cm³/mol. The van der Waals surface area contributed by atoms with Gasteiger partial charge < -0.3 is 5.32 Å². The SMILES string of the molecule is CC(C)NC(=O)CC(CC(F)(F)F)c1ccc(C(=O)c2ccccc2C#N)cc1. The molecule has 0 aliphatic rings. The van der Waals surface area contributed by atoms with Crippen molar-refractivity contribution in [3.63, 3.8) is 0 Å². The lowest BCUT2D eigenvalue weighted by Crippen LogP contribution is -2.32. The van der Waals surface area contributed by atoms with Gasteiger partial charge in [0, 0.05) is 29.5 Å². The van der Waals surface area contributed by atoms with Crippen molar-refractivity contribution in [2.24, 2.45) is 0 Å². The van der Waals surface area contributed by atoms with Crippen molar-refractivity contribution >= 4 is 11.7 Å². The van der Waals surface area contributed by atoms with Crippen LogP contribution in [0.25, 0.3) is 0 Å². The lowest BCUT2D eigenvalue weighted by Gasteiger charge is -2.20. The van der Waals surface area contributed by atoms with Gasteiger partial charge in [0.1, 0.15) is 0 Å². The van der Waals surface area contributed by atoms with Crippen molar-refractivity contribution in [1.29, 1.82) is 5.26 Å². The van der Waals surface area contributed by atoms with Crippen LogP contribution in [-0.2, 0) is 4.79 Å². The van der Waals surface area contributed by atoms with E-state index < -0.39 is 30.2 Å². The van der Waals surface area contributed by atoms with Crippen LogP contribution in [0.4, 0.5) is 13.2 Å². The predicted octanol–water partition coefficient (Wildman–Crippen LogP) is 4.74. The molecule has 7 heteroatoms. The van der Waals surface area contributed by atoms with Crippen molar-refractivity contribution in [2.45, 2.75) is 44.8 Å². The van der Waals surface area contributed by atoms with E-state index in [1.807, 2.05) is 6.07 Å². The number of carbonyl (C=O) groups excluding carboxylic acids is 2. The van der Waals surface area contributed by atoms with Crippen molar-refractivity contribution in [3.8, 4) is 6.07 Å². The number of alkyl halides is 3. The number of carbonyl (C=O) groups is 2. The van der Waals surface area contributed by atoms with Crippen molar-refractivity contribution in [1.82, 2.24) is 5.32 Å². The van der Waals surface area contributed by atoms with E-state index in [4.69, 9.17) is 5.26 Å². The minimum atomic E-state index is -4.43. The summed E-state index contributed by atoms with van der Waals surface area (Å²) >= 11 is 0. The van der Waals surface area contributed by atoms with Crippen LogP contribution in [-0.4, -0.2) is 23.9 Å². The maximum atomic E-state index is 13.0. The van der Waals surface area contributed by atoms with Crippen LogP contribution in [0.5, 0.6) is 0 Å². The topological polar surface area (TPSA) is 70.0 Å². The molecule has 1 unspecified atom stereocenters. The molecule has 2 aromatic carbocycles. The number of hydrogen-bond acceptors (Lipinski definition) is 3. The molecule has 29 heavy (non-hydrogen) atoms. The van der Waals surface area contributed by atoms with E-state index in [1.54, 1.807) is 26.0 Å². The highest BCUT2D eigenvalue weighted by Crippen LogP contribution is 2.33. The Morgan fingerprint density at radius 2 is 1.69 bits per heavy atom. The highest BCUT2D eigenvalue weighted by Gasteiger charge is 2.33. The fourth-order valence-corrected chi connectivity index (χ4v) is 3.03. The Hall–Kier alpha value is -3.14. The van der Waals surface area contributed by atoms with Gasteiger partial charge in [-0.3, -0.25) is 9.59 Å². The van der Waals surface area contributed by atoms with Crippen LogP contribution in [0.3, 0.4) is 0 Å². The van der Waals surface area contributed by atoms with Gasteiger partial charge in [-0.15, -0.1) is 0 Å². The lowest BCUT2D eigenvalue weighted by molar-refractivity contribution is -0.141. The molecule has 0 radical (unpaired) electrons. The Kier molecular flexibility index (Phi) is 7.16. The van der Waals surface area contributed by atoms with E-state index in [2.05, 4.69) is 5.32 Å². The van der Waals surface area contributed by atoms with Gasteiger partial charge in [0.15, 0.2) is 5.78 Å². The van der Waals surface area contributed by atoms with Crippen LogP contribution >= 0.6 is 0 Å². The number of rotatable bonds is 7. The number of halogens is 3. The van der Waals surface area contributed by atoms with Gasteiger partial charge in [-0.05, 0) is 31.5 Å². The second-order valence-electron chi connectivity index (χ2n) is 7.05. The summed E-state index contributed by atoms with van der Waals surface area (Å²) in [7, 11) is 0. The largest absolute Gasteiger partial charge is 0.389 e. The van der Waals surface area contributed by atoms with Crippen molar-refractivity contribution < 1.29 is 22.8 Å². The summed E-state index contributed by atoms with van der Waals surface area (Å²) < 4.78 is 39.0. The average molecular weight is 402 g/mol. The number of nitrogens with zero attached hydrogens (tertiary/aromatic N) is 1. The molecule has 0 heterocycles. The standard InChI is InChI=1S/C22H21F3N2O2/c1-14(2)27-20(28)11-18(12-22(23,24)25)15-7-9-16(10-8-15)21(29)19-6-4-3-5-17(19)13-26/h3-10,14,18H,11-12H2,1-2H3,(H,27,28). The van der Waals surface area contributed by atoms with E-state index in [0.717, 1.165) is 0 Å². The molecule has 152 valence electrons. The van der Waals surface area contributed by atoms with Gasteiger partial charge >= 0.3 is 6.18 Å². The molecule has 1 N–H and O–H groups in total. The third-order valence-electron chi connectivity index (χ3n) is 4.30. The molecule has 0 saturated heterocycles. The molecule has 0 saturated carbocycles. The number of nitriles is 1. The smallest absolute Gasteiger partial charge is 0.354 e.